The summed E-state index contributed by atoms with van der Waals surface area (Å²) in [7, 11) is 0. The number of hydrogen-bond acceptors (Lipinski definition) is 4. The summed E-state index contributed by atoms with van der Waals surface area (Å²) in [5.41, 5.74) is 0.933. The fourth-order valence-electron chi connectivity index (χ4n) is 1.74. The quantitative estimate of drug-likeness (QED) is 0.744. The van der Waals surface area contributed by atoms with Gasteiger partial charge >= 0.3 is 0 Å². The highest BCUT2D eigenvalue weighted by molar-refractivity contribution is 5.76. The normalized spacial score (nSPS) is 18.0. The molecule has 4 heteroatoms. The Kier molecular flexibility index (Phi) is 4.46. The highest BCUT2D eigenvalue weighted by Crippen LogP contribution is 1.92. The summed E-state index contributed by atoms with van der Waals surface area (Å²) in [4.78, 5) is 11.0. The van der Waals surface area contributed by atoms with E-state index in [9.17, 15) is 0 Å². The van der Waals surface area contributed by atoms with Crippen molar-refractivity contribution in [1.29, 1.82) is 0 Å². The third kappa shape index (κ3) is 3.72. The second-order valence-electron chi connectivity index (χ2n) is 3.88. The van der Waals surface area contributed by atoms with Crippen molar-refractivity contribution in [2.75, 3.05) is 39.3 Å². The van der Waals surface area contributed by atoms with E-state index >= 15 is 0 Å². The van der Waals surface area contributed by atoms with Crippen LogP contribution in [0.1, 0.15) is 5.69 Å². The lowest BCUT2D eigenvalue weighted by atomic mass is 10.3. The first-order valence-electron chi connectivity index (χ1n) is 5.79. The van der Waals surface area contributed by atoms with E-state index in [1.54, 1.807) is 6.20 Å². The number of rotatable bonds is 4. The molecule has 2 heterocycles. The van der Waals surface area contributed by atoms with Crippen LogP contribution in [-0.2, 0) is 0 Å². The molecule has 0 aromatic carbocycles. The van der Waals surface area contributed by atoms with E-state index in [1.165, 1.54) is 0 Å². The van der Waals surface area contributed by atoms with Gasteiger partial charge in [0.1, 0.15) is 0 Å². The molecule has 2 rings (SSSR count). The van der Waals surface area contributed by atoms with Crippen LogP contribution < -0.4 is 5.32 Å². The summed E-state index contributed by atoms with van der Waals surface area (Å²) < 4.78 is 0. The molecule has 1 aromatic rings. The molecule has 0 spiro atoms. The van der Waals surface area contributed by atoms with E-state index in [0.717, 1.165) is 45.0 Å². The molecule has 1 fully saturated rings. The Hall–Kier alpha value is -1.26. The number of piperazine rings is 1. The lowest BCUT2D eigenvalue weighted by Crippen LogP contribution is -2.44. The molecule has 0 radical (unpaired) electrons. The van der Waals surface area contributed by atoms with Crippen molar-refractivity contribution < 1.29 is 0 Å². The Balaban J connectivity index is 1.69. The van der Waals surface area contributed by atoms with Crippen LogP contribution in [0.5, 0.6) is 0 Å². The second kappa shape index (κ2) is 6.35. The number of nitrogens with one attached hydrogen (secondary N) is 1. The van der Waals surface area contributed by atoms with E-state index in [2.05, 4.69) is 20.2 Å². The summed E-state index contributed by atoms with van der Waals surface area (Å²) in [6.07, 6.45) is 3.64. The molecule has 86 valence electrons. The van der Waals surface area contributed by atoms with Gasteiger partial charge in [-0.1, -0.05) is 6.07 Å². The fraction of sp³-hybridized carbons (Fsp3) is 0.500. The van der Waals surface area contributed by atoms with Crippen molar-refractivity contribution in [2.24, 2.45) is 4.99 Å². The Labute approximate surface area is 96.4 Å². The van der Waals surface area contributed by atoms with Crippen molar-refractivity contribution in [3.63, 3.8) is 0 Å². The monoisotopic (exact) mass is 218 g/mol. The summed E-state index contributed by atoms with van der Waals surface area (Å²) >= 11 is 0. The number of aromatic nitrogens is 1. The standard InChI is InChI=1S/C12H18N4/c1-2-4-15-12(3-1)11-14-7-10-16-8-5-13-6-9-16/h1-4,11,13H,5-10H2. The minimum Gasteiger partial charge on any atom is -0.314 e. The predicted molar refractivity (Wildman–Crippen MR) is 66.0 cm³/mol. The second-order valence-corrected chi connectivity index (χ2v) is 3.88. The van der Waals surface area contributed by atoms with Crippen LogP contribution in [0.25, 0.3) is 0 Å². The van der Waals surface area contributed by atoms with Crippen LogP contribution in [0.3, 0.4) is 0 Å². The molecule has 1 aliphatic heterocycles. The number of hydrogen-bond donors (Lipinski definition) is 1. The third-order valence-corrected chi connectivity index (χ3v) is 2.67. The molecule has 1 aromatic heterocycles. The molecule has 4 nitrogen and oxygen atoms in total. The molecule has 0 unspecified atom stereocenters. The van der Waals surface area contributed by atoms with Gasteiger partial charge < -0.3 is 5.32 Å². The molecule has 1 saturated heterocycles. The van der Waals surface area contributed by atoms with Crippen molar-refractivity contribution in [3.05, 3.63) is 30.1 Å². The molecule has 0 atom stereocenters. The first kappa shape index (κ1) is 11.2. The van der Waals surface area contributed by atoms with Crippen molar-refractivity contribution in [2.45, 2.75) is 0 Å². The molecular weight excluding hydrogens is 200 g/mol. The van der Waals surface area contributed by atoms with Crippen molar-refractivity contribution >= 4 is 6.21 Å². The van der Waals surface area contributed by atoms with E-state index in [1.807, 2.05) is 24.4 Å². The van der Waals surface area contributed by atoms with Crippen LogP contribution in [0.2, 0.25) is 0 Å². The van der Waals surface area contributed by atoms with E-state index < -0.39 is 0 Å². The Morgan fingerprint density at radius 3 is 3.00 bits per heavy atom. The van der Waals surface area contributed by atoms with Gasteiger partial charge in [-0.2, -0.15) is 0 Å². The molecular formula is C12H18N4. The zero-order valence-electron chi connectivity index (χ0n) is 9.47. The largest absolute Gasteiger partial charge is 0.314 e. The minimum atomic E-state index is 0.858. The van der Waals surface area contributed by atoms with Gasteiger partial charge in [-0.15, -0.1) is 0 Å². The number of aliphatic imine (C=N–C) groups is 1. The summed E-state index contributed by atoms with van der Waals surface area (Å²) in [6.45, 7) is 6.38. The van der Waals surface area contributed by atoms with Crippen LogP contribution in [0, 0.1) is 0 Å². The number of nitrogens with zero attached hydrogens (tertiary/aromatic N) is 3. The van der Waals surface area contributed by atoms with Crippen LogP contribution in [-0.4, -0.2) is 55.4 Å². The van der Waals surface area contributed by atoms with Gasteiger partial charge in [-0.25, -0.2) is 0 Å². The minimum absolute atomic E-state index is 0.858. The van der Waals surface area contributed by atoms with Crippen LogP contribution in [0.15, 0.2) is 29.4 Å². The maximum Gasteiger partial charge on any atom is 0.0807 e. The molecule has 1 N–H and O–H groups in total. The Morgan fingerprint density at radius 1 is 1.38 bits per heavy atom. The van der Waals surface area contributed by atoms with Gasteiger partial charge in [0, 0.05) is 45.1 Å². The lowest BCUT2D eigenvalue weighted by Gasteiger charge is -2.26. The summed E-state index contributed by atoms with van der Waals surface area (Å²) in [5, 5.41) is 3.34. The highest BCUT2D eigenvalue weighted by atomic mass is 15.2. The highest BCUT2D eigenvalue weighted by Gasteiger charge is 2.07. The molecule has 16 heavy (non-hydrogen) atoms. The van der Waals surface area contributed by atoms with E-state index in [4.69, 9.17) is 0 Å². The average Bonchev–Trinajstić information content (AvgIpc) is 2.37. The maximum atomic E-state index is 4.39. The first-order chi connectivity index (χ1) is 7.95. The predicted octanol–water partition coefficient (Wildman–Crippen LogP) is 0.406. The topological polar surface area (TPSA) is 40.5 Å². The lowest BCUT2D eigenvalue weighted by molar-refractivity contribution is 0.248. The molecule has 0 amide bonds. The average molecular weight is 218 g/mol. The van der Waals surface area contributed by atoms with E-state index in [0.29, 0.717) is 0 Å². The zero-order valence-corrected chi connectivity index (χ0v) is 9.47. The van der Waals surface area contributed by atoms with Gasteiger partial charge in [0.25, 0.3) is 0 Å². The van der Waals surface area contributed by atoms with Gasteiger partial charge in [-0.3, -0.25) is 14.9 Å². The number of pyridine rings is 1. The van der Waals surface area contributed by atoms with Crippen LogP contribution >= 0.6 is 0 Å². The fourth-order valence-corrected chi connectivity index (χ4v) is 1.74. The van der Waals surface area contributed by atoms with Gasteiger partial charge in [0.15, 0.2) is 0 Å². The Bertz CT molecular complexity index is 317. The molecule has 0 bridgehead atoms. The smallest absolute Gasteiger partial charge is 0.0807 e. The molecule has 0 aliphatic carbocycles. The third-order valence-electron chi connectivity index (χ3n) is 2.67. The molecule has 0 saturated carbocycles. The maximum absolute atomic E-state index is 4.39. The zero-order chi connectivity index (χ0) is 11.1. The van der Waals surface area contributed by atoms with Gasteiger partial charge in [-0.05, 0) is 12.1 Å². The SMILES string of the molecule is C(=NCCN1CCNCC1)c1ccccn1. The van der Waals surface area contributed by atoms with Crippen molar-refractivity contribution in [3.8, 4) is 0 Å². The summed E-state index contributed by atoms with van der Waals surface area (Å²) in [5.74, 6) is 0. The summed E-state index contributed by atoms with van der Waals surface area (Å²) in [6, 6.07) is 5.86. The van der Waals surface area contributed by atoms with E-state index in [-0.39, 0.29) is 0 Å². The van der Waals surface area contributed by atoms with Crippen LogP contribution in [0.4, 0.5) is 0 Å². The van der Waals surface area contributed by atoms with Gasteiger partial charge in [0.2, 0.25) is 0 Å². The first-order valence-corrected chi connectivity index (χ1v) is 5.79. The van der Waals surface area contributed by atoms with Gasteiger partial charge in [0.05, 0.1) is 12.2 Å². The molecule has 1 aliphatic rings. The van der Waals surface area contributed by atoms with Crippen molar-refractivity contribution in [1.82, 2.24) is 15.2 Å². The Morgan fingerprint density at radius 2 is 2.25 bits per heavy atom.